The summed E-state index contributed by atoms with van der Waals surface area (Å²) < 4.78 is 32.2. The molecule has 0 amide bonds. The lowest BCUT2D eigenvalue weighted by atomic mass is 10.1. The number of ether oxygens (including phenoxy) is 1. The summed E-state index contributed by atoms with van der Waals surface area (Å²) >= 11 is 0. The number of piperazine rings is 1. The van der Waals surface area contributed by atoms with Crippen LogP contribution >= 0.6 is 0 Å². The molecule has 0 unspecified atom stereocenters. The summed E-state index contributed by atoms with van der Waals surface area (Å²) in [6.45, 7) is 4.11. The Morgan fingerprint density at radius 2 is 1.72 bits per heavy atom. The third-order valence-electron chi connectivity index (χ3n) is 4.35. The molecular weight excluding hydrogens is 340 g/mol. The molecule has 0 spiro atoms. The molecule has 134 valence electrons. The van der Waals surface area contributed by atoms with Crippen molar-refractivity contribution in [3.8, 4) is 0 Å². The maximum Gasteiger partial charge on any atom is 0.320 e. The number of sulfonamides is 1. The quantitative estimate of drug-likeness (QED) is 0.758. The topological polar surface area (TPSA) is 66.9 Å². The van der Waals surface area contributed by atoms with Crippen LogP contribution in [0.4, 0.5) is 0 Å². The number of hydrogen-bond donors (Lipinski definition) is 0. The molecule has 0 atom stereocenters. The average molecular weight is 362 g/mol. The van der Waals surface area contributed by atoms with Gasteiger partial charge >= 0.3 is 5.97 Å². The number of hydrogen-bond acceptors (Lipinski definition) is 5. The molecule has 6 nitrogen and oxygen atoms in total. The van der Waals surface area contributed by atoms with Gasteiger partial charge in [0.25, 0.3) is 0 Å². The van der Waals surface area contributed by atoms with Crippen LogP contribution in [0, 0.1) is 0 Å². The fourth-order valence-electron chi connectivity index (χ4n) is 2.99. The normalized spacial score (nSPS) is 16.8. The SMILES string of the molecule is CCOC(=O)CN1CCN(S(=O)(=O)c2ccc3ccccc3c2)CC1. The first-order valence-corrected chi connectivity index (χ1v) is 9.81. The van der Waals surface area contributed by atoms with Gasteiger partial charge in [0, 0.05) is 26.2 Å². The van der Waals surface area contributed by atoms with E-state index < -0.39 is 10.0 Å². The van der Waals surface area contributed by atoms with Gasteiger partial charge in [0.2, 0.25) is 10.0 Å². The lowest BCUT2D eigenvalue weighted by Crippen LogP contribution is -2.49. The van der Waals surface area contributed by atoms with E-state index in [0.29, 0.717) is 37.7 Å². The predicted octanol–water partition coefficient (Wildman–Crippen LogP) is 1.71. The maximum atomic E-state index is 12.9. The van der Waals surface area contributed by atoms with Crippen molar-refractivity contribution < 1.29 is 17.9 Å². The zero-order valence-corrected chi connectivity index (χ0v) is 15.0. The number of carbonyl (C=O) groups is 1. The smallest absolute Gasteiger partial charge is 0.320 e. The van der Waals surface area contributed by atoms with Crippen LogP contribution in [0.25, 0.3) is 10.8 Å². The molecule has 1 aliphatic heterocycles. The molecular formula is C18H22N2O4S. The van der Waals surface area contributed by atoms with Crippen LogP contribution in [0.2, 0.25) is 0 Å². The second-order valence-corrected chi connectivity index (χ2v) is 7.93. The summed E-state index contributed by atoms with van der Waals surface area (Å²) in [5, 5.41) is 1.92. The predicted molar refractivity (Wildman–Crippen MR) is 95.8 cm³/mol. The molecule has 1 fully saturated rings. The minimum atomic E-state index is -3.53. The van der Waals surface area contributed by atoms with Crippen molar-refractivity contribution in [2.75, 3.05) is 39.3 Å². The first-order chi connectivity index (χ1) is 12.0. The van der Waals surface area contributed by atoms with Gasteiger partial charge in [-0.1, -0.05) is 30.3 Å². The van der Waals surface area contributed by atoms with E-state index in [9.17, 15) is 13.2 Å². The Morgan fingerprint density at radius 1 is 1.04 bits per heavy atom. The van der Waals surface area contributed by atoms with Gasteiger partial charge < -0.3 is 4.74 Å². The number of nitrogens with zero attached hydrogens (tertiary/aromatic N) is 2. The van der Waals surface area contributed by atoms with Gasteiger partial charge in [-0.05, 0) is 29.8 Å². The van der Waals surface area contributed by atoms with Gasteiger partial charge in [-0.25, -0.2) is 8.42 Å². The third-order valence-corrected chi connectivity index (χ3v) is 6.24. The molecule has 7 heteroatoms. The van der Waals surface area contributed by atoms with Gasteiger partial charge in [0.1, 0.15) is 0 Å². The van der Waals surface area contributed by atoms with Crippen LogP contribution in [0.1, 0.15) is 6.92 Å². The van der Waals surface area contributed by atoms with Crippen molar-refractivity contribution >= 4 is 26.8 Å². The summed E-state index contributed by atoms with van der Waals surface area (Å²) in [6.07, 6.45) is 0. The first-order valence-electron chi connectivity index (χ1n) is 8.37. The Kier molecular flexibility index (Phi) is 5.36. The molecule has 1 saturated heterocycles. The lowest BCUT2D eigenvalue weighted by Gasteiger charge is -2.33. The van der Waals surface area contributed by atoms with Crippen molar-refractivity contribution in [3.63, 3.8) is 0 Å². The van der Waals surface area contributed by atoms with Crippen molar-refractivity contribution in [1.82, 2.24) is 9.21 Å². The minimum absolute atomic E-state index is 0.206. The number of carbonyl (C=O) groups excluding carboxylic acids is 1. The fourth-order valence-corrected chi connectivity index (χ4v) is 4.45. The summed E-state index contributed by atoms with van der Waals surface area (Å²) in [6, 6.07) is 12.9. The zero-order chi connectivity index (χ0) is 17.9. The Hall–Kier alpha value is -1.96. The maximum absolute atomic E-state index is 12.9. The minimum Gasteiger partial charge on any atom is -0.465 e. The van der Waals surface area contributed by atoms with Crippen LogP contribution in [-0.2, 0) is 19.6 Å². The van der Waals surface area contributed by atoms with Crippen molar-refractivity contribution in [2.45, 2.75) is 11.8 Å². The molecule has 0 aromatic heterocycles. The van der Waals surface area contributed by atoms with E-state index in [1.807, 2.05) is 35.2 Å². The molecule has 2 aromatic carbocycles. The van der Waals surface area contributed by atoms with Gasteiger partial charge in [0.15, 0.2) is 0 Å². The average Bonchev–Trinajstić information content (AvgIpc) is 2.62. The standard InChI is InChI=1S/C18H22N2O4S/c1-2-24-18(21)14-19-9-11-20(12-10-19)25(22,23)17-8-7-15-5-3-4-6-16(15)13-17/h3-8,13H,2,9-12,14H2,1H3. The molecule has 0 N–H and O–H groups in total. The molecule has 2 aromatic rings. The highest BCUT2D eigenvalue weighted by atomic mass is 32.2. The number of fused-ring (bicyclic) bond motifs is 1. The van der Waals surface area contributed by atoms with E-state index in [1.54, 1.807) is 19.1 Å². The molecule has 3 rings (SSSR count). The van der Waals surface area contributed by atoms with E-state index in [-0.39, 0.29) is 12.5 Å². The fraction of sp³-hybridized carbons (Fsp3) is 0.389. The lowest BCUT2D eigenvalue weighted by molar-refractivity contribution is -0.144. The highest BCUT2D eigenvalue weighted by Gasteiger charge is 2.29. The van der Waals surface area contributed by atoms with Gasteiger partial charge in [-0.2, -0.15) is 4.31 Å². The van der Waals surface area contributed by atoms with E-state index in [0.717, 1.165) is 10.8 Å². The van der Waals surface area contributed by atoms with E-state index in [2.05, 4.69) is 0 Å². The molecule has 25 heavy (non-hydrogen) atoms. The Balaban J connectivity index is 1.69. The summed E-state index contributed by atoms with van der Waals surface area (Å²) in [4.78, 5) is 13.8. The number of rotatable bonds is 5. The molecule has 0 aliphatic carbocycles. The van der Waals surface area contributed by atoms with Gasteiger partial charge in [-0.15, -0.1) is 0 Å². The van der Waals surface area contributed by atoms with Crippen molar-refractivity contribution in [1.29, 1.82) is 0 Å². The molecule has 1 aliphatic rings. The van der Waals surface area contributed by atoms with Crippen LogP contribution in [0.5, 0.6) is 0 Å². The van der Waals surface area contributed by atoms with Gasteiger partial charge in [0.05, 0.1) is 18.0 Å². The van der Waals surface area contributed by atoms with E-state index in [4.69, 9.17) is 4.74 Å². The second-order valence-electron chi connectivity index (χ2n) is 5.99. The Morgan fingerprint density at radius 3 is 2.40 bits per heavy atom. The highest BCUT2D eigenvalue weighted by Crippen LogP contribution is 2.22. The summed E-state index contributed by atoms with van der Waals surface area (Å²) in [5.74, 6) is -0.270. The molecule has 1 heterocycles. The second kappa shape index (κ2) is 7.51. The third kappa shape index (κ3) is 4.00. The van der Waals surface area contributed by atoms with E-state index >= 15 is 0 Å². The Labute approximate surface area is 148 Å². The van der Waals surface area contributed by atoms with Crippen molar-refractivity contribution in [2.24, 2.45) is 0 Å². The highest BCUT2D eigenvalue weighted by molar-refractivity contribution is 7.89. The van der Waals surface area contributed by atoms with Crippen LogP contribution in [-0.4, -0.2) is 62.9 Å². The molecule has 0 bridgehead atoms. The molecule has 0 saturated carbocycles. The first kappa shape index (κ1) is 17.8. The van der Waals surface area contributed by atoms with Crippen molar-refractivity contribution in [3.05, 3.63) is 42.5 Å². The summed E-state index contributed by atoms with van der Waals surface area (Å²) in [7, 11) is -3.53. The largest absolute Gasteiger partial charge is 0.465 e. The van der Waals surface area contributed by atoms with Crippen LogP contribution < -0.4 is 0 Å². The Bertz CT molecular complexity index is 858. The van der Waals surface area contributed by atoms with Crippen LogP contribution in [0.15, 0.2) is 47.4 Å². The van der Waals surface area contributed by atoms with Crippen LogP contribution in [0.3, 0.4) is 0 Å². The monoisotopic (exact) mass is 362 g/mol. The van der Waals surface area contributed by atoms with Gasteiger partial charge in [-0.3, -0.25) is 9.69 Å². The number of esters is 1. The molecule has 0 radical (unpaired) electrons. The van der Waals surface area contributed by atoms with E-state index in [1.165, 1.54) is 4.31 Å². The summed E-state index contributed by atoms with van der Waals surface area (Å²) in [5.41, 5.74) is 0. The number of benzene rings is 2. The zero-order valence-electron chi connectivity index (χ0n) is 14.2.